The van der Waals surface area contributed by atoms with Crippen molar-refractivity contribution in [2.24, 2.45) is 11.0 Å². The van der Waals surface area contributed by atoms with Crippen LogP contribution in [-0.4, -0.2) is 37.3 Å². The highest BCUT2D eigenvalue weighted by Crippen LogP contribution is 2.21. The summed E-state index contributed by atoms with van der Waals surface area (Å²) in [5, 5.41) is 8.52. The molecule has 1 aromatic carbocycles. The first-order chi connectivity index (χ1) is 11.1. The third-order valence-electron chi connectivity index (χ3n) is 4.12. The molecular weight excluding hydrogens is 294 g/mol. The molecule has 2 amide bonds. The summed E-state index contributed by atoms with van der Waals surface area (Å²) in [6, 6.07) is 7.55. The smallest absolute Gasteiger partial charge is 0.267 e. The number of rotatable bonds is 4. The quantitative estimate of drug-likeness (QED) is 0.918. The van der Waals surface area contributed by atoms with E-state index in [9.17, 15) is 9.59 Å². The summed E-state index contributed by atoms with van der Waals surface area (Å²) in [6.45, 7) is 4.01. The number of hydrogen-bond acceptors (Lipinski definition) is 4. The lowest BCUT2D eigenvalue weighted by Crippen LogP contribution is -2.40. The van der Waals surface area contributed by atoms with E-state index in [1.807, 2.05) is 31.2 Å². The fourth-order valence-electron chi connectivity index (χ4n) is 2.76. The van der Waals surface area contributed by atoms with Crippen LogP contribution in [-0.2, 0) is 14.3 Å². The van der Waals surface area contributed by atoms with Crippen molar-refractivity contribution in [1.29, 1.82) is 0 Å². The van der Waals surface area contributed by atoms with E-state index in [4.69, 9.17) is 4.74 Å². The predicted octanol–water partition coefficient (Wildman–Crippen LogP) is 1.63. The monoisotopic (exact) mass is 315 g/mol. The van der Waals surface area contributed by atoms with Crippen LogP contribution in [0.25, 0.3) is 0 Å². The van der Waals surface area contributed by atoms with Gasteiger partial charge in [0.15, 0.2) is 0 Å². The average Bonchev–Trinajstić information content (AvgIpc) is 3.06. The number of carbonyl (C=O) groups is 2. The van der Waals surface area contributed by atoms with Crippen molar-refractivity contribution in [1.82, 2.24) is 5.32 Å². The molecule has 2 aliphatic rings. The van der Waals surface area contributed by atoms with Crippen LogP contribution in [0.1, 0.15) is 24.8 Å². The van der Waals surface area contributed by atoms with Crippen molar-refractivity contribution in [2.75, 3.05) is 24.8 Å². The molecule has 3 rings (SSSR count). The van der Waals surface area contributed by atoms with Gasteiger partial charge in [-0.1, -0.05) is 12.1 Å². The second-order valence-electron chi connectivity index (χ2n) is 6.03. The molecule has 2 heterocycles. The minimum atomic E-state index is -0.193. The summed E-state index contributed by atoms with van der Waals surface area (Å²) in [7, 11) is 0. The van der Waals surface area contributed by atoms with E-state index in [1.54, 1.807) is 0 Å². The first kappa shape index (κ1) is 15.7. The third kappa shape index (κ3) is 3.76. The van der Waals surface area contributed by atoms with Crippen LogP contribution < -0.4 is 10.3 Å². The fraction of sp³-hybridized carbons (Fsp3) is 0.471. The van der Waals surface area contributed by atoms with Crippen molar-refractivity contribution in [3.63, 3.8) is 0 Å². The minimum Gasteiger partial charge on any atom is -0.381 e. The Bertz CT molecular complexity index is 636. The Morgan fingerprint density at radius 3 is 3.04 bits per heavy atom. The summed E-state index contributed by atoms with van der Waals surface area (Å²) >= 11 is 0. The Labute approximate surface area is 135 Å². The summed E-state index contributed by atoms with van der Waals surface area (Å²) in [6.07, 6.45) is 1.65. The number of amides is 2. The van der Waals surface area contributed by atoms with E-state index in [1.165, 1.54) is 5.01 Å². The summed E-state index contributed by atoms with van der Waals surface area (Å²) in [5.41, 5.74) is 2.15. The molecule has 0 saturated carbocycles. The van der Waals surface area contributed by atoms with Crippen molar-refractivity contribution < 1.29 is 14.3 Å². The highest BCUT2D eigenvalue weighted by Gasteiger charge is 2.26. The highest BCUT2D eigenvalue weighted by molar-refractivity contribution is 6.40. The Balaban J connectivity index is 1.70. The van der Waals surface area contributed by atoms with Gasteiger partial charge in [-0.05, 0) is 31.0 Å². The fourth-order valence-corrected chi connectivity index (χ4v) is 2.76. The summed E-state index contributed by atoms with van der Waals surface area (Å²) < 4.78 is 5.30. The molecule has 0 radical (unpaired) electrons. The largest absolute Gasteiger partial charge is 0.381 e. The number of hydrogen-bond donors (Lipinski definition) is 1. The molecule has 6 nitrogen and oxygen atoms in total. The molecule has 1 N–H and O–H groups in total. The van der Waals surface area contributed by atoms with E-state index in [0.717, 1.165) is 18.6 Å². The van der Waals surface area contributed by atoms with Gasteiger partial charge in [0.1, 0.15) is 5.71 Å². The van der Waals surface area contributed by atoms with Gasteiger partial charge >= 0.3 is 0 Å². The Morgan fingerprint density at radius 2 is 2.30 bits per heavy atom. The molecule has 0 aromatic heterocycles. The second kappa shape index (κ2) is 6.91. The van der Waals surface area contributed by atoms with Gasteiger partial charge in [-0.2, -0.15) is 5.10 Å². The maximum absolute atomic E-state index is 12.3. The molecule has 23 heavy (non-hydrogen) atoms. The Kier molecular flexibility index (Phi) is 4.71. The minimum absolute atomic E-state index is 0.0867. The number of nitrogens with one attached hydrogen (secondary N) is 1. The zero-order valence-corrected chi connectivity index (χ0v) is 13.2. The number of benzene rings is 1. The van der Waals surface area contributed by atoms with E-state index < -0.39 is 0 Å². The van der Waals surface area contributed by atoms with Gasteiger partial charge < -0.3 is 10.1 Å². The average molecular weight is 315 g/mol. The van der Waals surface area contributed by atoms with Crippen LogP contribution >= 0.6 is 0 Å². The summed E-state index contributed by atoms with van der Waals surface area (Å²) in [5.74, 6) is 0.0936. The van der Waals surface area contributed by atoms with Crippen molar-refractivity contribution in [3.8, 4) is 0 Å². The molecule has 1 unspecified atom stereocenters. The Hall–Kier alpha value is -2.21. The molecule has 0 aliphatic carbocycles. The van der Waals surface area contributed by atoms with Gasteiger partial charge in [-0.25, -0.2) is 5.01 Å². The lowest BCUT2D eigenvalue weighted by molar-refractivity contribution is -0.119. The number of carbonyl (C=O) groups excluding carboxylic acids is 2. The summed E-state index contributed by atoms with van der Waals surface area (Å²) in [4.78, 5) is 24.4. The van der Waals surface area contributed by atoms with E-state index >= 15 is 0 Å². The third-order valence-corrected chi connectivity index (χ3v) is 4.12. The Morgan fingerprint density at radius 1 is 1.43 bits per heavy atom. The van der Waals surface area contributed by atoms with Gasteiger partial charge in [0.05, 0.1) is 12.3 Å². The van der Waals surface area contributed by atoms with Gasteiger partial charge in [-0.3, -0.25) is 9.59 Å². The lowest BCUT2D eigenvalue weighted by atomic mass is 10.1. The molecule has 0 spiro atoms. The van der Waals surface area contributed by atoms with Crippen molar-refractivity contribution in [3.05, 3.63) is 29.8 Å². The van der Waals surface area contributed by atoms with Gasteiger partial charge in [0, 0.05) is 31.9 Å². The molecule has 6 heteroatoms. The molecule has 1 fully saturated rings. The van der Waals surface area contributed by atoms with Gasteiger partial charge in [-0.15, -0.1) is 0 Å². The molecule has 1 atom stereocenters. The topological polar surface area (TPSA) is 71.0 Å². The van der Waals surface area contributed by atoms with Crippen LogP contribution in [0.2, 0.25) is 0 Å². The van der Waals surface area contributed by atoms with E-state index in [-0.39, 0.29) is 11.8 Å². The zero-order valence-electron chi connectivity index (χ0n) is 13.2. The second-order valence-corrected chi connectivity index (χ2v) is 6.03. The van der Waals surface area contributed by atoms with Crippen LogP contribution in [0.4, 0.5) is 5.69 Å². The van der Waals surface area contributed by atoms with Crippen molar-refractivity contribution >= 4 is 23.2 Å². The molecule has 1 saturated heterocycles. The molecule has 2 aliphatic heterocycles. The number of ether oxygens (including phenoxy) is 1. The van der Waals surface area contributed by atoms with E-state index in [0.29, 0.717) is 43.3 Å². The number of aryl methyl sites for hydroxylation is 1. The van der Waals surface area contributed by atoms with Crippen LogP contribution in [0, 0.1) is 12.8 Å². The molecule has 122 valence electrons. The number of nitrogens with zero attached hydrogens (tertiary/aromatic N) is 2. The van der Waals surface area contributed by atoms with Gasteiger partial charge in [0.25, 0.3) is 5.91 Å². The standard InChI is InChI=1S/C17H21N3O3/c1-12-3-2-4-14(9-12)20-16(21)6-5-15(19-20)17(22)18-10-13-7-8-23-11-13/h2-4,9,13H,5-8,10-11H2,1H3,(H,18,22). The molecule has 0 bridgehead atoms. The van der Waals surface area contributed by atoms with E-state index in [2.05, 4.69) is 10.4 Å². The van der Waals surface area contributed by atoms with Gasteiger partial charge in [0.2, 0.25) is 5.91 Å². The molecule has 1 aromatic rings. The molecular formula is C17H21N3O3. The van der Waals surface area contributed by atoms with Crippen LogP contribution in [0.5, 0.6) is 0 Å². The first-order valence-electron chi connectivity index (χ1n) is 7.96. The highest BCUT2D eigenvalue weighted by atomic mass is 16.5. The number of anilines is 1. The predicted molar refractivity (Wildman–Crippen MR) is 87.3 cm³/mol. The van der Waals surface area contributed by atoms with Crippen LogP contribution in [0.15, 0.2) is 29.4 Å². The maximum Gasteiger partial charge on any atom is 0.267 e. The van der Waals surface area contributed by atoms with Crippen molar-refractivity contribution in [2.45, 2.75) is 26.2 Å². The van der Waals surface area contributed by atoms with Crippen LogP contribution in [0.3, 0.4) is 0 Å². The normalized spacial score (nSPS) is 21.3. The first-order valence-corrected chi connectivity index (χ1v) is 7.96. The number of hydrazone groups is 1. The maximum atomic E-state index is 12.3. The zero-order chi connectivity index (χ0) is 16.2. The SMILES string of the molecule is Cc1cccc(N2N=C(C(=O)NCC3CCOC3)CCC2=O)c1. The lowest BCUT2D eigenvalue weighted by Gasteiger charge is -2.23.